The largest absolute Gasteiger partial charge is 0.396 e. The summed E-state index contributed by atoms with van der Waals surface area (Å²) in [5.74, 6) is 2.69. The fourth-order valence-electron chi connectivity index (χ4n) is 1.79. The maximum Gasteiger partial charge on any atom is 0.0490 e. The summed E-state index contributed by atoms with van der Waals surface area (Å²) in [5.41, 5.74) is 2.31. The molecule has 1 aromatic rings. The number of aliphatic hydroxyl groups is 1. The summed E-state index contributed by atoms with van der Waals surface area (Å²) in [6.07, 6.45) is 8.59. The Morgan fingerprint density at radius 1 is 1.36 bits per heavy atom. The minimum atomic E-state index is 0.146. The van der Waals surface area contributed by atoms with Crippen molar-refractivity contribution < 1.29 is 5.11 Å². The molecule has 1 N–H and O–H groups in total. The molecule has 1 aliphatic rings. The number of rotatable bonds is 3. The van der Waals surface area contributed by atoms with Crippen LogP contribution in [0.25, 0.3) is 0 Å². The maximum absolute atomic E-state index is 9.23. The molecule has 2 rings (SSSR count). The van der Waals surface area contributed by atoms with Crippen LogP contribution in [0, 0.1) is 17.8 Å². The zero-order chi connectivity index (χ0) is 10.0. The van der Waals surface area contributed by atoms with E-state index in [4.69, 9.17) is 6.42 Å². The van der Waals surface area contributed by atoms with E-state index in [9.17, 15) is 5.11 Å². The Morgan fingerprint density at radius 3 is 2.64 bits per heavy atom. The molecule has 1 saturated carbocycles. The van der Waals surface area contributed by atoms with Crippen LogP contribution in [-0.4, -0.2) is 11.7 Å². The Balaban J connectivity index is 2.21. The molecule has 0 atom stereocenters. The predicted molar refractivity (Wildman–Crippen MR) is 56.8 cm³/mol. The van der Waals surface area contributed by atoms with Gasteiger partial charge in [-0.3, -0.25) is 0 Å². The molecule has 1 heteroatoms. The second-order valence-electron chi connectivity index (χ2n) is 4.14. The van der Waals surface area contributed by atoms with Crippen LogP contribution in [0.2, 0.25) is 0 Å². The van der Waals surface area contributed by atoms with Crippen LogP contribution in [0.15, 0.2) is 24.3 Å². The summed E-state index contributed by atoms with van der Waals surface area (Å²) >= 11 is 0. The molecule has 0 unspecified atom stereocenters. The molecule has 0 saturated heterocycles. The van der Waals surface area contributed by atoms with E-state index in [2.05, 4.69) is 12.0 Å². The van der Waals surface area contributed by atoms with Crippen LogP contribution in [0.5, 0.6) is 0 Å². The first-order valence-electron chi connectivity index (χ1n) is 4.95. The van der Waals surface area contributed by atoms with E-state index in [1.165, 1.54) is 5.56 Å². The van der Waals surface area contributed by atoms with Crippen LogP contribution in [0.4, 0.5) is 0 Å². The fraction of sp³-hybridized carbons (Fsp3) is 0.385. The molecule has 14 heavy (non-hydrogen) atoms. The van der Waals surface area contributed by atoms with Gasteiger partial charge in [0.05, 0.1) is 0 Å². The average molecular weight is 186 g/mol. The molecule has 0 heterocycles. The van der Waals surface area contributed by atoms with Gasteiger partial charge in [-0.2, -0.15) is 0 Å². The summed E-state index contributed by atoms with van der Waals surface area (Å²) in [7, 11) is 0. The molecule has 1 nitrogen and oxygen atoms in total. The lowest BCUT2D eigenvalue weighted by molar-refractivity contribution is 0.211. The van der Waals surface area contributed by atoms with Crippen molar-refractivity contribution in [3.63, 3.8) is 0 Å². The number of aliphatic hydroxyl groups excluding tert-OH is 1. The van der Waals surface area contributed by atoms with Crippen molar-refractivity contribution in [3.8, 4) is 12.3 Å². The Bertz CT molecular complexity index is 369. The first-order chi connectivity index (χ1) is 6.79. The first kappa shape index (κ1) is 9.30. The van der Waals surface area contributed by atoms with E-state index >= 15 is 0 Å². The lowest BCUT2D eigenvalue weighted by atomic mass is 9.94. The van der Waals surface area contributed by atoms with Crippen LogP contribution in [-0.2, 0) is 6.42 Å². The van der Waals surface area contributed by atoms with E-state index in [-0.39, 0.29) is 12.0 Å². The van der Waals surface area contributed by atoms with Gasteiger partial charge >= 0.3 is 0 Å². The van der Waals surface area contributed by atoms with Gasteiger partial charge in [-0.15, -0.1) is 6.42 Å². The van der Waals surface area contributed by atoms with Crippen molar-refractivity contribution >= 4 is 0 Å². The van der Waals surface area contributed by atoms with Gasteiger partial charge in [0.25, 0.3) is 0 Å². The smallest absolute Gasteiger partial charge is 0.0490 e. The zero-order valence-electron chi connectivity index (χ0n) is 8.16. The molecule has 1 aromatic carbocycles. The molecule has 0 aliphatic heterocycles. The highest BCUT2D eigenvalue weighted by Crippen LogP contribution is 2.48. The SMILES string of the molecule is C#Cc1ccccc1CC1(CO)CC1. The highest BCUT2D eigenvalue weighted by Gasteiger charge is 2.42. The molecule has 0 spiro atoms. The van der Waals surface area contributed by atoms with E-state index in [0.717, 1.165) is 24.8 Å². The third-order valence-electron chi connectivity index (χ3n) is 3.03. The minimum Gasteiger partial charge on any atom is -0.396 e. The third-order valence-corrected chi connectivity index (χ3v) is 3.03. The normalized spacial score (nSPS) is 17.4. The van der Waals surface area contributed by atoms with E-state index in [0.29, 0.717) is 0 Å². The van der Waals surface area contributed by atoms with Gasteiger partial charge in [-0.05, 0) is 36.3 Å². The van der Waals surface area contributed by atoms with Gasteiger partial charge in [0.15, 0.2) is 0 Å². The van der Waals surface area contributed by atoms with Gasteiger partial charge < -0.3 is 5.11 Å². The Labute approximate surface area is 84.8 Å². The quantitative estimate of drug-likeness (QED) is 0.716. The molecule has 1 aliphatic carbocycles. The molecule has 72 valence electrons. The molecule has 0 radical (unpaired) electrons. The van der Waals surface area contributed by atoms with Crippen LogP contribution in [0.3, 0.4) is 0 Å². The number of terminal acetylenes is 1. The fourth-order valence-corrected chi connectivity index (χ4v) is 1.79. The first-order valence-corrected chi connectivity index (χ1v) is 4.95. The van der Waals surface area contributed by atoms with Crippen molar-refractivity contribution in [1.82, 2.24) is 0 Å². The molecular formula is C13H14O. The van der Waals surface area contributed by atoms with Gasteiger partial charge in [-0.1, -0.05) is 24.1 Å². The summed E-state index contributed by atoms with van der Waals surface area (Å²) < 4.78 is 0. The van der Waals surface area contributed by atoms with Crippen LogP contribution < -0.4 is 0 Å². The highest BCUT2D eigenvalue weighted by atomic mass is 16.3. The topological polar surface area (TPSA) is 20.2 Å². The number of benzene rings is 1. The van der Waals surface area contributed by atoms with Crippen LogP contribution in [0.1, 0.15) is 24.0 Å². The second-order valence-corrected chi connectivity index (χ2v) is 4.14. The molecule has 0 bridgehead atoms. The Morgan fingerprint density at radius 2 is 2.07 bits per heavy atom. The number of hydrogen-bond donors (Lipinski definition) is 1. The average Bonchev–Trinajstić information content (AvgIpc) is 2.99. The number of hydrogen-bond acceptors (Lipinski definition) is 1. The lowest BCUT2D eigenvalue weighted by Crippen LogP contribution is -2.10. The highest BCUT2D eigenvalue weighted by molar-refractivity contribution is 5.40. The van der Waals surface area contributed by atoms with Gasteiger partial charge in [0, 0.05) is 12.2 Å². The Kier molecular flexibility index (Phi) is 2.31. The lowest BCUT2D eigenvalue weighted by Gasteiger charge is -2.12. The second kappa shape index (κ2) is 3.48. The molecule has 1 fully saturated rings. The monoisotopic (exact) mass is 186 g/mol. The maximum atomic E-state index is 9.23. The van der Waals surface area contributed by atoms with E-state index in [1.54, 1.807) is 0 Å². The third kappa shape index (κ3) is 1.66. The van der Waals surface area contributed by atoms with Crippen molar-refractivity contribution in [1.29, 1.82) is 0 Å². The predicted octanol–water partition coefficient (Wildman–Crippen LogP) is 1.98. The van der Waals surface area contributed by atoms with Crippen molar-refractivity contribution in [2.45, 2.75) is 19.3 Å². The van der Waals surface area contributed by atoms with E-state index in [1.807, 2.05) is 18.2 Å². The van der Waals surface area contributed by atoms with Crippen molar-refractivity contribution in [3.05, 3.63) is 35.4 Å². The molecule has 0 aromatic heterocycles. The van der Waals surface area contributed by atoms with Gasteiger partial charge in [0.1, 0.15) is 0 Å². The molecule has 0 amide bonds. The van der Waals surface area contributed by atoms with Crippen LogP contribution >= 0.6 is 0 Å². The summed E-state index contributed by atoms with van der Waals surface area (Å²) in [5, 5.41) is 9.23. The zero-order valence-corrected chi connectivity index (χ0v) is 8.16. The summed E-state index contributed by atoms with van der Waals surface area (Å²) in [6.45, 7) is 0.284. The van der Waals surface area contributed by atoms with E-state index < -0.39 is 0 Å². The molecular weight excluding hydrogens is 172 g/mol. The van der Waals surface area contributed by atoms with Crippen molar-refractivity contribution in [2.75, 3.05) is 6.61 Å². The summed E-state index contributed by atoms with van der Waals surface area (Å²) in [6, 6.07) is 7.98. The minimum absolute atomic E-state index is 0.146. The van der Waals surface area contributed by atoms with Crippen molar-refractivity contribution in [2.24, 2.45) is 5.41 Å². The standard InChI is InChI=1S/C13H14O/c1-2-11-5-3-4-6-12(11)9-13(10-14)7-8-13/h1,3-6,14H,7-10H2. The summed E-state index contributed by atoms with van der Waals surface area (Å²) in [4.78, 5) is 0. The van der Waals surface area contributed by atoms with Gasteiger partial charge in [0.2, 0.25) is 0 Å². The Hall–Kier alpha value is -1.26. The van der Waals surface area contributed by atoms with Gasteiger partial charge in [-0.25, -0.2) is 0 Å².